The average molecular weight is 497 g/mol. The quantitative estimate of drug-likeness (QED) is 0.516. The highest BCUT2D eigenvalue weighted by Gasteiger charge is 2.66. The molecule has 0 radical (unpaired) electrons. The van der Waals surface area contributed by atoms with Gasteiger partial charge < -0.3 is 15.1 Å². The maximum absolute atomic E-state index is 12.8. The summed E-state index contributed by atoms with van der Waals surface area (Å²) in [6, 6.07) is 17.1. The van der Waals surface area contributed by atoms with Crippen molar-refractivity contribution in [1.29, 1.82) is 0 Å². The third-order valence-corrected chi connectivity index (χ3v) is 8.80. The second-order valence-electron chi connectivity index (χ2n) is 11.3. The Labute approximate surface area is 211 Å². The third kappa shape index (κ3) is 5.46. The summed E-state index contributed by atoms with van der Waals surface area (Å²) >= 11 is 0. The summed E-state index contributed by atoms with van der Waals surface area (Å²) in [4.78, 5) is 24.9. The Morgan fingerprint density at radius 1 is 0.972 bits per heavy atom. The van der Waals surface area contributed by atoms with Gasteiger partial charge >= 0.3 is 0 Å². The number of nitrogens with zero attached hydrogens (tertiary/aromatic N) is 1. The fourth-order valence-electron chi connectivity index (χ4n) is 6.83. The number of rotatable bonds is 8. The molecule has 2 N–H and O–H groups in total. The molecule has 7 heteroatoms. The molecule has 2 atom stereocenters. The molecule has 2 aromatic rings. The Morgan fingerprint density at radius 2 is 1.67 bits per heavy atom. The van der Waals surface area contributed by atoms with Crippen LogP contribution in [0, 0.1) is 23.7 Å². The van der Waals surface area contributed by atoms with Crippen molar-refractivity contribution in [2.75, 3.05) is 32.0 Å². The van der Waals surface area contributed by atoms with E-state index in [0.717, 1.165) is 23.5 Å². The summed E-state index contributed by atoms with van der Waals surface area (Å²) in [5.41, 5.74) is 1.60. The molecule has 3 fully saturated rings. The monoisotopic (exact) mass is 496 g/mol. The van der Waals surface area contributed by atoms with Crippen molar-refractivity contribution in [3.8, 4) is 0 Å². The van der Waals surface area contributed by atoms with Crippen molar-refractivity contribution in [3.63, 3.8) is 0 Å². The predicted octanol–water partition coefficient (Wildman–Crippen LogP) is 4.80. The van der Waals surface area contributed by atoms with E-state index in [-0.39, 0.29) is 23.9 Å². The Balaban J connectivity index is 1.04. The maximum Gasteiger partial charge on any atom is 0.263 e. The van der Waals surface area contributed by atoms with Crippen LogP contribution in [-0.2, 0) is 16.0 Å². The topological polar surface area (TPSA) is 58.2 Å². The fraction of sp³-hybridized carbons (Fsp3) is 0.517. The zero-order valence-corrected chi connectivity index (χ0v) is 20.8. The maximum atomic E-state index is 12.8. The zero-order valence-electron chi connectivity index (χ0n) is 20.8. The minimum absolute atomic E-state index is 0.000538. The highest BCUT2D eigenvalue weighted by molar-refractivity contribution is 5.95. The molecule has 36 heavy (non-hydrogen) atoms. The first-order valence-electron chi connectivity index (χ1n) is 13.2. The van der Waals surface area contributed by atoms with Crippen molar-refractivity contribution in [2.24, 2.45) is 23.7 Å². The second kappa shape index (κ2) is 10.3. The standard InChI is InChI=1S/C29H35F2N3O2/c1-34(23-12-10-20(11-13-23)14-19-6-3-2-4-7-19)17-24-25(18-34)27(24)29(36)32-16-26(35)33-22-9-5-8-21(15-22)28(30)31/h2-9,15,20,23-25,27-28H,10-14,16-18H2,1H3,(H-,32,33,35,36)/p+1. The molecule has 2 saturated carbocycles. The molecule has 0 spiro atoms. The molecule has 0 aromatic heterocycles. The van der Waals surface area contributed by atoms with Crippen LogP contribution in [0.3, 0.4) is 0 Å². The number of hydrogen-bond donors (Lipinski definition) is 2. The van der Waals surface area contributed by atoms with E-state index in [4.69, 9.17) is 0 Å². The van der Waals surface area contributed by atoms with Crippen molar-refractivity contribution in [3.05, 3.63) is 65.7 Å². The van der Waals surface area contributed by atoms with Crippen LogP contribution >= 0.6 is 0 Å². The van der Waals surface area contributed by atoms with E-state index >= 15 is 0 Å². The highest BCUT2D eigenvalue weighted by Crippen LogP contribution is 2.55. The van der Waals surface area contributed by atoms with Gasteiger partial charge in [-0.05, 0) is 55.7 Å². The Bertz CT molecular complexity index is 1070. The highest BCUT2D eigenvalue weighted by atomic mass is 19.3. The first kappa shape index (κ1) is 24.9. The lowest BCUT2D eigenvalue weighted by atomic mass is 9.81. The SMILES string of the molecule is C[N+]1(C2CCC(Cc3ccccc3)CC2)CC2C(C1)C2C(=O)NCC(=O)Nc1cccc(C(F)F)c1. The lowest BCUT2D eigenvalue weighted by Crippen LogP contribution is -2.54. The Morgan fingerprint density at radius 3 is 2.33 bits per heavy atom. The van der Waals surface area contributed by atoms with E-state index in [2.05, 4.69) is 48.0 Å². The van der Waals surface area contributed by atoms with Gasteiger partial charge in [-0.15, -0.1) is 0 Å². The van der Waals surface area contributed by atoms with Gasteiger partial charge in [0.05, 0.1) is 38.6 Å². The normalized spacial score (nSPS) is 31.1. The molecule has 2 aromatic carbocycles. The van der Waals surface area contributed by atoms with Gasteiger partial charge in [-0.25, -0.2) is 8.78 Å². The number of hydrogen-bond acceptors (Lipinski definition) is 2. The number of likely N-dealkylation sites (tertiary alicyclic amines) is 1. The second-order valence-corrected chi connectivity index (χ2v) is 11.3. The molecular weight excluding hydrogens is 460 g/mol. The summed E-state index contributed by atoms with van der Waals surface area (Å²) in [7, 11) is 2.37. The number of quaternary nitrogens is 1. The minimum Gasteiger partial charge on any atom is -0.347 e. The van der Waals surface area contributed by atoms with Gasteiger partial charge in [-0.1, -0.05) is 42.5 Å². The average Bonchev–Trinajstić information content (AvgIpc) is 3.40. The third-order valence-electron chi connectivity index (χ3n) is 8.80. The van der Waals surface area contributed by atoms with Gasteiger partial charge in [0.2, 0.25) is 11.8 Å². The number of anilines is 1. The molecule has 5 nitrogen and oxygen atoms in total. The van der Waals surface area contributed by atoms with Crippen LogP contribution in [0.2, 0.25) is 0 Å². The Hall–Kier alpha value is -2.80. The van der Waals surface area contributed by atoms with Gasteiger partial charge in [0.15, 0.2) is 0 Å². The molecule has 2 unspecified atom stereocenters. The van der Waals surface area contributed by atoms with Crippen LogP contribution in [0.15, 0.2) is 54.6 Å². The summed E-state index contributed by atoms with van der Waals surface area (Å²) in [6.45, 7) is 1.94. The fourth-order valence-corrected chi connectivity index (χ4v) is 6.83. The van der Waals surface area contributed by atoms with Gasteiger partial charge in [-0.3, -0.25) is 9.59 Å². The van der Waals surface area contributed by atoms with Crippen LogP contribution in [0.1, 0.15) is 43.2 Å². The first-order valence-corrected chi connectivity index (χ1v) is 13.2. The van der Waals surface area contributed by atoms with E-state index in [1.165, 1.54) is 55.9 Å². The number of halogens is 2. The molecular formula is C29H36F2N3O2+. The van der Waals surface area contributed by atoms with Gasteiger partial charge in [0.25, 0.3) is 6.43 Å². The first-order chi connectivity index (χ1) is 17.3. The number of piperidine rings is 1. The van der Waals surface area contributed by atoms with Gasteiger partial charge in [-0.2, -0.15) is 0 Å². The Kier molecular flexibility index (Phi) is 7.11. The van der Waals surface area contributed by atoms with Crippen molar-refractivity contribution in [2.45, 2.75) is 44.6 Å². The summed E-state index contributed by atoms with van der Waals surface area (Å²) in [5, 5.41) is 5.35. The number of amides is 2. The van der Waals surface area contributed by atoms with E-state index < -0.39 is 12.3 Å². The number of carbonyl (C=O) groups is 2. The van der Waals surface area contributed by atoms with Gasteiger partial charge in [0.1, 0.15) is 0 Å². The van der Waals surface area contributed by atoms with Crippen LogP contribution < -0.4 is 10.6 Å². The smallest absolute Gasteiger partial charge is 0.263 e. The summed E-state index contributed by atoms with van der Waals surface area (Å²) in [6.07, 6.45) is 3.67. The van der Waals surface area contributed by atoms with E-state index in [1.54, 1.807) is 6.07 Å². The van der Waals surface area contributed by atoms with E-state index in [0.29, 0.717) is 23.6 Å². The predicted molar refractivity (Wildman–Crippen MR) is 135 cm³/mol. The molecule has 1 heterocycles. The van der Waals surface area contributed by atoms with Gasteiger partial charge in [0, 0.05) is 23.1 Å². The zero-order chi connectivity index (χ0) is 25.3. The number of benzene rings is 2. The minimum atomic E-state index is -2.59. The molecule has 0 bridgehead atoms. The summed E-state index contributed by atoms with van der Waals surface area (Å²) < 4.78 is 26.8. The molecule has 2 amide bonds. The molecule has 3 aliphatic rings. The van der Waals surface area contributed by atoms with Crippen LogP contribution in [-0.4, -0.2) is 49.0 Å². The van der Waals surface area contributed by atoms with Crippen molar-refractivity contribution in [1.82, 2.24) is 5.32 Å². The van der Waals surface area contributed by atoms with Crippen LogP contribution in [0.25, 0.3) is 0 Å². The molecule has 2 aliphatic carbocycles. The van der Waals surface area contributed by atoms with Crippen molar-refractivity contribution < 1.29 is 22.9 Å². The largest absolute Gasteiger partial charge is 0.347 e. The molecule has 1 saturated heterocycles. The van der Waals surface area contributed by atoms with E-state index in [9.17, 15) is 18.4 Å². The summed E-state index contributed by atoms with van der Waals surface area (Å²) in [5.74, 6) is 1.12. The van der Waals surface area contributed by atoms with Crippen LogP contribution in [0.4, 0.5) is 14.5 Å². The van der Waals surface area contributed by atoms with Crippen molar-refractivity contribution >= 4 is 17.5 Å². The number of nitrogens with one attached hydrogen (secondary N) is 2. The number of carbonyl (C=O) groups excluding carboxylic acids is 2. The van der Waals surface area contributed by atoms with Crippen LogP contribution in [0.5, 0.6) is 0 Å². The molecule has 5 rings (SSSR count). The lowest BCUT2D eigenvalue weighted by Gasteiger charge is -2.43. The molecule has 192 valence electrons. The number of fused-ring (bicyclic) bond motifs is 1. The van der Waals surface area contributed by atoms with E-state index in [1.807, 2.05) is 0 Å². The molecule has 1 aliphatic heterocycles. The number of alkyl halides is 2. The lowest BCUT2D eigenvalue weighted by molar-refractivity contribution is -0.928.